The molecule has 2 rings (SSSR count). The molecule has 1 aliphatic rings. The highest BCUT2D eigenvalue weighted by atomic mass is 35.5. The number of hydrogen-bond acceptors (Lipinski definition) is 4. The first-order valence-electron chi connectivity index (χ1n) is 6.85. The minimum absolute atomic E-state index is 0.277. The van der Waals surface area contributed by atoms with Crippen LogP contribution in [0.5, 0.6) is 5.75 Å². The van der Waals surface area contributed by atoms with Crippen LogP contribution in [0.4, 0.5) is 0 Å². The molecule has 1 aliphatic heterocycles. The summed E-state index contributed by atoms with van der Waals surface area (Å²) in [5, 5.41) is 10.7. The van der Waals surface area contributed by atoms with Gasteiger partial charge < -0.3 is 14.6 Å². The van der Waals surface area contributed by atoms with E-state index in [9.17, 15) is 5.11 Å². The molecule has 0 unspecified atom stereocenters. The first kappa shape index (κ1) is 15.6. The lowest BCUT2D eigenvalue weighted by atomic mass is 10.1. The molecule has 20 heavy (non-hydrogen) atoms. The highest BCUT2D eigenvalue weighted by Gasteiger charge is 2.21. The van der Waals surface area contributed by atoms with Gasteiger partial charge in [0.1, 0.15) is 5.75 Å². The zero-order valence-corrected chi connectivity index (χ0v) is 13.0. The molecule has 0 saturated heterocycles. The van der Waals surface area contributed by atoms with E-state index in [-0.39, 0.29) is 6.79 Å². The summed E-state index contributed by atoms with van der Waals surface area (Å²) in [4.78, 5) is 2.17. The summed E-state index contributed by atoms with van der Waals surface area (Å²) in [6.07, 6.45) is 0. The summed E-state index contributed by atoms with van der Waals surface area (Å²) < 4.78 is 10.9. The van der Waals surface area contributed by atoms with Gasteiger partial charge in [0.25, 0.3) is 0 Å². The van der Waals surface area contributed by atoms with Crippen LogP contribution in [0.1, 0.15) is 31.9 Å². The van der Waals surface area contributed by atoms with Gasteiger partial charge in [-0.15, -0.1) is 0 Å². The van der Waals surface area contributed by atoms with Crippen LogP contribution >= 0.6 is 11.6 Å². The average Bonchev–Trinajstić information content (AvgIpc) is 2.36. The predicted octanol–water partition coefficient (Wildman–Crippen LogP) is 2.80. The maximum absolute atomic E-state index is 9.97. The molecule has 0 atom stereocenters. The van der Waals surface area contributed by atoms with Crippen molar-refractivity contribution in [2.45, 2.75) is 39.5 Å². The number of fused-ring (bicyclic) bond motifs is 1. The van der Waals surface area contributed by atoms with Gasteiger partial charge in [-0.1, -0.05) is 18.5 Å². The van der Waals surface area contributed by atoms with E-state index in [1.807, 2.05) is 26.0 Å². The summed E-state index contributed by atoms with van der Waals surface area (Å²) in [6, 6.07) is 3.81. The number of ether oxygens (including phenoxy) is 2. The summed E-state index contributed by atoms with van der Waals surface area (Å²) in [7, 11) is 0. The Balaban J connectivity index is 2.21. The molecule has 0 bridgehead atoms. The van der Waals surface area contributed by atoms with Crippen molar-refractivity contribution in [1.29, 1.82) is 0 Å². The smallest absolute Gasteiger partial charge is 0.189 e. The van der Waals surface area contributed by atoms with Crippen LogP contribution in [0.3, 0.4) is 0 Å². The third kappa shape index (κ3) is 4.09. The molecule has 0 amide bonds. The van der Waals surface area contributed by atoms with Gasteiger partial charge in [-0.25, -0.2) is 0 Å². The monoisotopic (exact) mass is 299 g/mol. The summed E-state index contributed by atoms with van der Waals surface area (Å²) >= 11 is 6.16. The number of benzene rings is 1. The molecule has 0 fully saturated rings. The zero-order valence-electron chi connectivity index (χ0n) is 12.3. The van der Waals surface area contributed by atoms with E-state index < -0.39 is 5.60 Å². The van der Waals surface area contributed by atoms with Crippen molar-refractivity contribution in [3.63, 3.8) is 0 Å². The SMILES string of the molecule is CCN(Cc1cc(Cl)cc2c1OCOC2)CC(C)(C)O. The molecule has 0 spiro atoms. The third-order valence-corrected chi connectivity index (χ3v) is 3.42. The summed E-state index contributed by atoms with van der Waals surface area (Å²) in [6.45, 7) is 8.65. The Morgan fingerprint density at radius 3 is 2.80 bits per heavy atom. The van der Waals surface area contributed by atoms with Gasteiger partial charge in [0.15, 0.2) is 6.79 Å². The number of rotatable bonds is 5. The van der Waals surface area contributed by atoms with Crippen molar-refractivity contribution in [1.82, 2.24) is 4.90 Å². The van der Waals surface area contributed by atoms with Gasteiger partial charge in [0.05, 0.1) is 12.2 Å². The van der Waals surface area contributed by atoms with Gasteiger partial charge in [0.2, 0.25) is 0 Å². The minimum Gasteiger partial charge on any atom is -0.467 e. The molecule has 112 valence electrons. The van der Waals surface area contributed by atoms with Gasteiger partial charge in [-0.3, -0.25) is 4.90 Å². The fourth-order valence-corrected chi connectivity index (χ4v) is 2.71. The molecule has 1 heterocycles. The molecule has 0 aliphatic carbocycles. The quantitative estimate of drug-likeness (QED) is 0.908. The number of likely N-dealkylation sites (N-methyl/N-ethyl adjacent to an activating group) is 1. The van der Waals surface area contributed by atoms with Gasteiger partial charge in [-0.05, 0) is 32.5 Å². The Labute approximate surface area is 125 Å². The molecule has 0 radical (unpaired) electrons. The van der Waals surface area contributed by atoms with Crippen LogP contribution in [-0.4, -0.2) is 35.5 Å². The van der Waals surface area contributed by atoms with Crippen molar-refractivity contribution in [2.24, 2.45) is 0 Å². The molecular weight excluding hydrogens is 278 g/mol. The molecule has 4 nitrogen and oxygen atoms in total. The Hall–Kier alpha value is -0.810. The molecule has 0 saturated carbocycles. The highest BCUT2D eigenvalue weighted by Crippen LogP contribution is 2.32. The van der Waals surface area contributed by atoms with Gasteiger partial charge >= 0.3 is 0 Å². The van der Waals surface area contributed by atoms with Crippen LogP contribution in [0.15, 0.2) is 12.1 Å². The Kier molecular flexibility index (Phi) is 4.91. The third-order valence-electron chi connectivity index (χ3n) is 3.20. The van der Waals surface area contributed by atoms with Crippen molar-refractivity contribution in [2.75, 3.05) is 19.9 Å². The van der Waals surface area contributed by atoms with Crippen LogP contribution in [0, 0.1) is 0 Å². The van der Waals surface area contributed by atoms with Crippen molar-refractivity contribution in [3.05, 3.63) is 28.3 Å². The first-order valence-corrected chi connectivity index (χ1v) is 7.23. The van der Waals surface area contributed by atoms with Crippen molar-refractivity contribution in [3.8, 4) is 5.75 Å². The maximum atomic E-state index is 9.97. The van der Waals surface area contributed by atoms with E-state index in [1.54, 1.807) is 0 Å². The standard InChI is InChI=1S/C15H22ClNO3/c1-4-17(9-15(2,3)18)7-11-5-13(16)6-12-8-19-10-20-14(11)12/h5-6,18H,4,7-10H2,1-3H3. The normalized spacial score (nSPS) is 15.1. The minimum atomic E-state index is -0.724. The second kappa shape index (κ2) is 6.31. The number of aliphatic hydroxyl groups is 1. The van der Waals surface area contributed by atoms with Gasteiger partial charge in [0, 0.05) is 29.2 Å². The highest BCUT2D eigenvalue weighted by molar-refractivity contribution is 6.30. The zero-order chi connectivity index (χ0) is 14.8. The molecule has 1 aromatic carbocycles. The van der Waals surface area contributed by atoms with E-state index in [4.69, 9.17) is 21.1 Å². The van der Waals surface area contributed by atoms with E-state index in [0.717, 1.165) is 23.4 Å². The van der Waals surface area contributed by atoms with Crippen LogP contribution in [0.25, 0.3) is 0 Å². The summed E-state index contributed by atoms with van der Waals surface area (Å²) in [5.41, 5.74) is 1.30. The first-order chi connectivity index (χ1) is 9.39. The van der Waals surface area contributed by atoms with Gasteiger partial charge in [-0.2, -0.15) is 0 Å². The second-order valence-electron chi connectivity index (χ2n) is 5.78. The van der Waals surface area contributed by atoms with Crippen molar-refractivity contribution < 1.29 is 14.6 Å². The Morgan fingerprint density at radius 2 is 2.15 bits per heavy atom. The molecule has 0 aromatic heterocycles. The fourth-order valence-electron chi connectivity index (χ4n) is 2.44. The van der Waals surface area contributed by atoms with E-state index in [2.05, 4.69) is 11.8 Å². The number of halogens is 1. The number of nitrogens with zero attached hydrogens (tertiary/aromatic N) is 1. The largest absolute Gasteiger partial charge is 0.467 e. The average molecular weight is 300 g/mol. The lowest BCUT2D eigenvalue weighted by Crippen LogP contribution is -2.38. The second-order valence-corrected chi connectivity index (χ2v) is 6.22. The van der Waals surface area contributed by atoms with E-state index in [0.29, 0.717) is 24.7 Å². The molecule has 5 heteroatoms. The lowest BCUT2D eigenvalue weighted by molar-refractivity contribution is -0.0180. The molecule has 1 aromatic rings. The van der Waals surface area contributed by atoms with E-state index >= 15 is 0 Å². The van der Waals surface area contributed by atoms with Crippen molar-refractivity contribution >= 4 is 11.6 Å². The van der Waals surface area contributed by atoms with Crippen LogP contribution < -0.4 is 4.74 Å². The lowest BCUT2D eigenvalue weighted by Gasteiger charge is -2.29. The predicted molar refractivity (Wildman–Crippen MR) is 79.0 cm³/mol. The topological polar surface area (TPSA) is 41.9 Å². The maximum Gasteiger partial charge on any atom is 0.189 e. The summed E-state index contributed by atoms with van der Waals surface area (Å²) in [5.74, 6) is 0.870. The Morgan fingerprint density at radius 1 is 1.40 bits per heavy atom. The van der Waals surface area contributed by atoms with E-state index in [1.165, 1.54) is 0 Å². The molecular formula is C15H22ClNO3. The Bertz CT molecular complexity index is 471. The molecule has 1 N–H and O–H groups in total. The number of hydrogen-bond donors (Lipinski definition) is 1. The van der Waals surface area contributed by atoms with Crippen LogP contribution in [-0.2, 0) is 17.9 Å². The van der Waals surface area contributed by atoms with Crippen LogP contribution in [0.2, 0.25) is 5.02 Å². The fraction of sp³-hybridized carbons (Fsp3) is 0.600.